The van der Waals surface area contributed by atoms with Gasteiger partial charge < -0.3 is 14.7 Å². The van der Waals surface area contributed by atoms with Gasteiger partial charge in [0.05, 0.1) is 33.4 Å². The molecule has 0 saturated carbocycles. The Labute approximate surface area is 156 Å². The van der Waals surface area contributed by atoms with Gasteiger partial charge in [-0.15, -0.1) is 0 Å². The van der Waals surface area contributed by atoms with Crippen LogP contribution in [0.3, 0.4) is 0 Å². The summed E-state index contributed by atoms with van der Waals surface area (Å²) in [6.45, 7) is 0.424. The van der Waals surface area contributed by atoms with E-state index in [1.165, 1.54) is 0 Å². The molecule has 0 atom stereocenters. The summed E-state index contributed by atoms with van der Waals surface area (Å²) in [6, 6.07) is 11.6. The molecule has 0 spiro atoms. The minimum Gasteiger partial charge on any atom is -0.395 e. The average Bonchev–Trinajstić information content (AvgIpc) is 3.10. The number of imidazole rings is 1. The Balaban J connectivity index is 1.98. The maximum absolute atomic E-state index is 9.44. The molecule has 2 aromatic carbocycles. The van der Waals surface area contributed by atoms with Crippen LogP contribution in [-0.2, 0) is 6.54 Å². The van der Waals surface area contributed by atoms with Crippen LogP contribution in [0.25, 0.3) is 33.5 Å². The van der Waals surface area contributed by atoms with Crippen LogP contribution in [0.15, 0.2) is 40.9 Å². The first-order valence-electron chi connectivity index (χ1n) is 7.31. The largest absolute Gasteiger partial charge is 0.395 e. The van der Waals surface area contributed by atoms with Gasteiger partial charge in [-0.3, -0.25) is 0 Å². The first-order valence-corrected chi connectivity index (χ1v) is 8.86. The molecule has 0 amide bonds. The summed E-state index contributed by atoms with van der Waals surface area (Å²) in [5.41, 5.74) is 3.47. The highest BCUT2D eigenvalue weighted by atomic mass is 79.9. The van der Waals surface area contributed by atoms with Gasteiger partial charge in [-0.1, -0.05) is 45.2 Å². The number of aliphatic hydroxyl groups is 1. The first-order chi connectivity index (χ1) is 11.6. The van der Waals surface area contributed by atoms with Crippen LogP contribution in [0, 0.1) is 0 Å². The van der Waals surface area contributed by atoms with Crippen molar-refractivity contribution in [3.05, 3.63) is 50.9 Å². The molecule has 4 rings (SSSR count). The molecular formula is C17H12BrCl2N3O. The molecule has 0 bridgehead atoms. The Morgan fingerprint density at radius 2 is 1.92 bits per heavy atom. The molecule has 0 saturated heterocycles. The summed E-state index contributed by atoms with van der Waals surface area (Å²) in [5.74, 6) is 0.740. The van der Waals surface area contributed by atoms with Gasteiger partial charge in [-0.2, -0.15) is 0 Å². The Morgan fingerprint density at radius 1 is 1.12 bits per heavy atom. The van der Waals surface area contributed by atoms with Crippen LogP contribution in [0.4, 0.5) is 0 Å². The van der Waals surface area contributed by atoms with Crippen LogP contribution < -0.4 is 0 Å². The fraction of sp³-hybridized carbons (Fsp3) is 0.118. The predicted octanol–water partition coefficient (Wildman–Crippen LogP) is 5.25. The van der Waals surface area contributed by atoms with Crippen LogP contribution in [-0.4, -0.2) is 26.2 Å². The molecule has 0 aliphatic heterocycles. The van der Waals surface area contributed by atoms with Gasteiger partial charge in [0.2, 0.25) is 0 Å². The molecule has 4 nitrogen and oxygen atoms in total. The van der Waals surface area contributed by atoms with Crippen molar-refractivity contribution in [1.29, 1.82) is 0 Å². The number of H-pyrrole nitrogens is 1. The van der Waals surface area contributed by atoms with Gasteiger partial charge in [0.1, 0.15) is 0 Å². The molecule has 0 aliphatic rings. The second-order valence-corrected chi connectivity index (χ2v) is 7.21. The van der Waals surface area contributed by atoms with Gasteiger partial charge in [0, 0.05) is 21.9 Å². The molecule has 0 unspecified atom stereocenters. The quantitative estimate of drug-likeness (QED) is 0.472. The zero-order valence-corrected chi connectivity index (χ0v) is 15.5. The summed E-state index contributed by atoms with van der Waals surface area (Å²) in [5, 5.41) is 11.5. The van der Waals surface area contributed by atoms with E-state index >= 15 is 0 Å². The Kier molecular flexibility index (Phi) is 4.04. The Hall–Kier alpha value is -1.53. The minimum atomic E-state index is 0.00445. The highest BCUT2D eigenvalue weighted by Crippen LogP contribution is 2.32. The monoisotopic (exact) mass is 423 g/mol. The van der Waals surface area contributed by atoms with Gasteiger partial charge in [0.15, 0.2) is 5.82 Å². The third-order valence-corrected chi connectivity index (χ3v) is 5.15. The van der Waals surface area contributed by atoms with Crippen molar-refractivity contribution in [2.24, 2.45) is 0 Å². The SMILES string of the molecule is OCCn1c(-c2cc3ccc(Br)cc3[nH]2)nc2cc(Cl)c(Cl)cc21. The molecule has 2 aromatic heterocycles. The summed E-state index contributed by atoms with van der Waals surface area (Å²) < 4.78 is 2.95. The fourth-order valence-corrected chi connectivity index (χ4v) is 3.55. The van der Waals surface area contributed by atoms with Crippen molar-refractivity contribution in [1.82, 2.24) is 14.5 Å². The lowest BCUT2D eigenvalue weighted by atomic mass is 10.2. The lowest BCUT2D eigenvalue weighted by molar-refractivity contribution is 0.278. The molecule has 4 aromatic rings. The number of nitrogens with zero attached hydrogens (tertiary/aromatic N) is 2. The number of nitrogens with one attached hydrogen (secondary N) is 1. The summed E-state index contributed by atoms with van der Waals surface area (Å²) in [7, 11) is 0. The van der Waals surface area contributed by atoms with Crippen molar-refractivity contribution in [2.75, 3.05) is 6.61 Å². The number of fused-ring (bicyclic) bond motifs is 2. The molecule has 0 radical (unpaired) electrons. The Bertz CT molecular complexity index is 1070. The normalized spacial score (nSPS) is 11.7. The molecule has 2 N–H and O–H groups in total. The molecule has 122 valence electrons. The van der Waals surface area contributed by atoms with Gasteiger partial charge in [-0.05, 0) is 30.3 Å². The predicted molar refractivity (Wildman–Crippen MR) is 102 cm³/mol. The second kappa shape index (κ2) is 6.08. The molecule has 24 heavy (non-hydrogen) atoms. The van der Waals surface area contributed by atoms with Crippen molar-refractivity contribution in [2.45, 2.75) is 6.54 Å². The third-order valence-electron chi connectivity index (χ3n) is 3.94. The van der Waals surface area contributed by atoms with Crippen LogP contribution in [0.2, 0.25) is 10.0 Å². The minimum absolute atomic E-state index is 0.00445. The van der Waals surface area contributed by atoms with E-state index in [1.54, 1.807) is 12.1 Å². The lowest BCUT2D eigenvalue weighted by Crippen LogP contribution is -2.04. The van der Waals surface area contributed by atoms with E-state index in [0.29, 0.717) is 16.6 Å². The maximum Gasteiger partial charge on any atom is 0.157 e. The van der Waals surface area contributed by atoms with Crippen molar-refractivity contribution >= 4 is 61.1 Å². The first kappa shape index (κ1) is 16.0. The van der Waals surface area contributed by atoms with E-state index < -0.39 is 0 Å². The fourth-order valence-electron chi connectivity index (χ4n) is 2.87. The highest BCUT2D eigenvalue weighted by molar-refractivity contribution is 9.10. The average molecular weight is 425 g/mol. The van der Waals surface area contributed by atoms with E-state index in [0.717, 1.165) is 37.9 Å². The van der Waals surface area contributed by atoms with Gasteiger partial charge in [0.25, 0.3) is 0 Å². The van der Waals surface area contributed by atoms with E-state index in [2.05, 4.69) is 25.9 Å². The number of rotatable bonds is 3. The molecular weight excluding hydrogens is 413 g/mol. The zero-order valence-electron chi connectivity index (χ0n) is 12.4. The lowest BCUT2D eigenvalue weighted by Gasteiger charge is -2.06. The van der Waals surface area contributed by atoms with E-state index in [9.17, 15) is 5.11 Å². The van der Waals surface area contributed by atoms with Gasteiger partial charge >= 0.3 is 0 Å². The molecule has 0 aliphatic carbocycles. The number of benzene rings is 2. The number of aromatic amines is 1. The Morgan fingerprint density at radius 3 is 2.71 bits per heavy atom. The number of halogens is 3. The number of hydrogen-bond acceptors (Lipinski definition) is 2. The van der Waals surface area contributed by atoms with Crippen molar-refractivity contribution in [3.63, 3.8) is 0 Å². The smallest absolute Gasteiger partial charge is 0.157 e. The second-order valence-electron chi connectivity index (χ2n) is 5.48. The summed E-state index contributed by atoms with van der Waals surface area (Å²) >= 11 is 15.7. The summed E-state index contributed by atoms with van der Waals surface area (Å²) in [6.07, 6.45) is 0. The third kappa shape index (κ3) is 2.62. The summed E-state index contributed by atoms with van der Waals surface area (Å²) in [4.78, 5) is 8.07. The van der Waals surface area contributed by atoms with Crippen LogP contribution >= 0.6 is 39.1 Å². The number of aliphatic hydroxyl groups excluding tert-OH is 1. The highest BCUT2D eigenvalue weighted by Gasteiger charge is 2.16. The zero-order chi connectivity index (χ0) is 16.8. The van der Waals surface area contributed by atoms with Crippen molar-refractivity contribution in [3.8, 4) is 11.5 Å². The van der Waals surface area contributed by atoms with Crippen LogP contribution in [0.5, 0.6) is 0 Å². The van der Waals surface area contributed by atoms with Crippen LogP contribution in [0.1, 0.15) is 0 Å². The number of hydrogen-bond donors (Lipinski definition) is 2. The maximum atomic E-state index is 9.44. The van der Waals surface area contributed by atoms with Crippen molar-refractivity contribution < 1.29 is 5.11 Å². The molecule has 0 fully saturated rings. The standard InChI is InChI=1S/C17H12BrCl2N3O/c18-10-2-1-9-5-15(21-13(9)6-10)17-22-14-7-11(19)12(20)8-16(14)23(17)3-4-24/h1-2,5-8,21,24H,3-4H2. The molecule has 2 heterocycles. The van der Waals surface area contributed by atoms with E-state index in [-0.39, 0.29) is 6.61 Å². The van der Waals surface area contributed by atoms with Gasteiger partial charge in [-0.25, -0.2) is 4.98 Å². The van der Waals surface area contributed by atoms with E-state index in [1.807, 2.05) is 28.8 Å². The number of aromatic nitrogens is 3. The molecule has 7 heteroatoms. The topological polar surface area (TPSA) is 53.8 Å². The van der Waals surface area contributed by atoms with E-state index in [4.69, 9.17) is 23.2 Å².